The minimum absolute atomic E-state index is 0. The Morgan fingerprint density at radius 1 is 1.27 bits per heavy atom. The SMILES string of the molecule is CN=C(NCCC(C)N(C)Cc1ccccc1)NCc1scnc1C.I. The van der Waals surface area contributed by atoms with Gasteiger partial charge in [-0.15, -0.1) is 35.3 Å². The van der Waals surface area contributed by atoms with Crippen LogP contribution in [0, 0.1) is 6.92 Å². The van der Waals surface area contributed by atoms with Gasteiger partial charge in [-0.25, -0.2) is 4.98 Å². The molecule has 1 aromatic heterocycles. The molecule has 0 amide bonds. The molecule has 0 spiro atoms. The van der Waals surface area contributed by atoms with Crippen molar-refractivity contribution in [2.45, 2.75) is 39.4 Å². The maximum Gasteiger partial charge on any atom is 0.191 e. The number of guanidine groups is 1. The summed E-state index contributed by atoms with van der Waals surface area (Å²) < 4.78 is 0. The predicted molar refractivity (Wildman–Crippen MR) is 122 cm³/mol. The van der Waals surface area contributed by atoms with E-state index in [1.54, 1.807) is 18.4 Å². The zero-order valence-corrected chi connectivity index (χ0v) is 19.2. The van der Waals surface area contributed by atoms with Crippen molar-refractivity contribution in [3.05, 3.63) is 52.0 Å². The van der Waals surface area contributed by atoms with Crippen molar-refractivity contribution in [3.63, 3.8) is 0 Å². The van der Waals surface area contributed by atoms with Gasteiger partial charge in [0, 0.05) is 31.1 Å². The number of benzene rings is 1. The number of halogens is 1. The molecule has 0 radical (unpaired) electrons. The Labute approximate surface area is 178 Å². The Balaban J connectivity index is 0.00000338. The van der Waals surface area contributed by atoms with E-state index in [9.17, 15) is 0 Å². The summed E-state index contributed by atoms with van der Waals surface area (Å²) in [7, 11) is 3.98. The molecule has 144 valence electrons. The second kappa shape index (κ2) is 12.2. The fraction of sp³-hybridized carbons (Fsp3) is 0.474. The highest BCUT2D eigenvalue weighted by Crippen LogP contribution is 2.11. The Kier molecular flexibility index (Phi) is 10.8. The van der Waals surface area contributed by atoms with Crippen molar-refractivity contribution in [2.75, 3.05) is 20.6 Å². The van der Waals surface area contributed by atoms with Gasteiger partial charge in [0.25, 0.3) is 0 Å². The first-order valence-corrected chi connectivity index (χ1v) is 9.55. The summed E-state index contributed by atoms with van der Waals surface area (Å²) in [4.78, 5) is 12.2. The van der Waals surface area contributed by atoms with E-state index >= 15 is 0 Å². The van der Waals surface area contributed by atoms with Crippen LogP contribution in [0.25, 0.3) is 0 Å². The van der Waals surface area contributed by atoms with E-state index in [0.717, 1.165) is 37.7 Å². The molecule has 7 heteroatoms. The highest BCUT2D eigenvalue weighted by Gasteiger charge is 2.10. The van der Waals surface area contributed by atoms with Gasteiger partial charge in [-0.1, -0.05) is 30.3 Å². The van der Waals surface area contributed by atoms with Crippen LogP contribution >= 0.6 is 35.3 Å². The van der Waals surface area contributed by atoms with Gasteiger partial charge in [-0.2, -0.15) is 0 Å². The lowest BCUT2D eigenvalue weighted by Crippen LogP contribution is -2.39. The van der Waals surface area contributed by atoms with Gasteiger partial charge in [0.05, 0.1) is 17.7 Å². The standard InChI is InChI=1S/C19H29N5S.HI/c1-15(24(4)13-17-8-6-5-7-9-17)10-11-21-19(20-3)22-12-18-16(2)23-14-25-18;/h5-9,14-15H,10-13H2,1-4H3,(H2,20,21,22);1H. The number of nitrogens with zero attached hydrogens (tertiary/aromatic N) is 3. The molecule has 2 rings (SSSR count). The average molecular weight is 487 g/mol. The van der Waals surface area contributed by atoms with Gasteiger partial charge in [-0.05, 0) is 32.9 Å². The molecule has 0 aliphatic rings. The molecular weight excluding hydrogens is 457 g/mol. The third-order valence-corrected chi connectivity index (χ3v) is 5.30. The highest BCUT2D eigenvalue weighted by atomic mass is 127. The third kappa shape index (κ3) is 7.59. The maximum absolute atomic E-state index is 4.29. The summed E-state index contributed by atoms with van der Waals surface area (Å²) in [6, 6.07) is 11.1. The molecule has 0 aliphatic heterocycles. The van der Waals surface area contributed by atoms with Gasteiger partial charge >= 0.3 is 0 Å². The van der Waals surface area contributed by atoms with Gasteiger partial charge < -0.3 is 10.6 Å². The van der Waals surface area contributed by atoms with Crippen LogP contribution in [0.3, 0.4) is 0 Å². The topological polar surface area (TPSA) is 52.6 Å². The summed E-state index contributed by atoms with van der Waals surface area (Å²) in [6.07, 6.45) is 1.06. The second-order valence-electron chi connectivity index (χ2n) is 6.25. The van der Waals surface area contributed by atoms with Crippen LogP contribution in [-0.2, 0) is 13.1 Å². The molecule has 1 heterocycles. The van der Waals surface area contributed by atoms with Gasteiger partial charge in [-0.3, -0.25) is 9.89 Å². The van der Waals surface area contributed by atoms with Crippen molar-refractivity contribution in [1.29, 1.82) is 0 Å². The smallest absolute Gasteiger partial charge is 0.191 e. The summed E-state index contributed by atoms with van der Waals surface area (Å²) in [5.74, 6) is 0.839. The fourth-order valence-electron chi connectivity index (χ4n) is 2.53. The van der Waals surface area contributed by atoms with Crippen molar-refractivity contribution in [1.82, 2.24) is 20.5 Å². The first kappa shape index (κ1) is 22.9. The molecule has 0 saturated heterocycles. The molecule has 2 N–H and O–H groups in total. The molecule has 1 aromatic carbocycles. The number of nitrogens with one attached hydrogen (secondary N) is 2. The minimum atomic E-state index is 0. The van der Waals surface area contributed by atoms with Crippen molar-refractivity contribution in [3.8, 4) is 0 Å². The molecule has 1 unspecified atom stereocenters. The first-order valence-electron chi connectivity index (χ1n) is 8.67. The zero-order valence-electron chi connectivity index (χ0n) is 16.0. The highest BCUT2D eigenvalue weighted by molar-refractivity contribution is 14.0. The second-order valence-corrected chi connectivity index (χ2v) is 7.19. The molecule has 1 atom stereocenters. The van der Waals surface area contributed by atoms with E-state index in [4.69, 9.17) is 0 Å². The van der Waals surface area contributed by atoms with Crippen LogP contribution in [0.1, 0.15) is 29.5 Å². The van der Waals surface area contributed by atoms with E-state index in [1.165, 1.54) is 10.4 Å². The number of hydrogen-bond acceptors (Lipinski definition) is 4. The monoisotopic (exact) mass is 487 g/mol. The quantitative estimate of drug-likeness (QED) is 0.339. The molecule has 0 aliphatic carbocycles. The third-order valence-electron chi connectivity index (χ3n) is 4.37. The number of hydrogen-bond donors (Lipinski definition) is 2. The Bertz CT molecular complexity index is 659. The number of aryl methyl sites for hydroxylation is 1. The number of aliphatic imine (C=N–C) groups is 1. The molecule has 0 saturated carbocycles. The van der Waals surface area contributed by atoms with E-state index in [0.29, 0.717) is 6.04 Å². The van der Waals surface area contributed by atoms with E-state index in [-0.39, 0.29) is 24.0 Å². The van der Waals surface area contributed by atoms with Crippen LogP contribution in [0.2, 0.25) is 0 Å². The van der Waals surface area contributed by atoms with E-state index in [1.807, 2.05) is 12.4 Å². The maximum atomic E-state index is 4.29. The van der Waals surface area contributed by atoms with Crippen molar-refractivity contribution < 1.29 is 0 Å². The Hall–Kier alpha value is -1.19. The summed E-state index contributed by atoms with van der Waals surface area (Å²) in [5, 5.41) is 6.75. The molecule has 2 aromatic rings. The van der Waals surface area contributed by atoms with Gasteiger partial charge in [0.1, 0.15) is 0 Å². The summed E-state index contributed by atoms with van der Waals surface area (Å²) in [5.41, 5.74) is 4.32. The lowest BCUT2D eigenvalue weighted by atomic mass is 10.1. The van der Waals surface area contributed by atoms with Crippen LogP contribution in [0.5, 0.6) is 0 Å². The number of rotatable bonds is 8. The Morgan fingerprint density at radius 3 is 2.62 bits per heavy atom. The van der Waals surface area contributed by atoms with Gasteiger partial charge in [0.15, 0.2) is 5.96 Å². The zero-order chi connectivity index (χ0) is 18.1. The van der Waals surface area contributed by atoms with Crippen LogP contribution in [-0.4, -0.2) is 42.5 Å². The van der Waals surface area contributed by atoms with Crippen molar-refractivity contribution >= 4 is 41.3 Å². The first-order chi connectivity index (χ1) is 12.1. The Morgan fingerprint density at radius 2 is 2.00 bits per heavy atom. The van der Waals surface area contributed by atoms with Crippen LogP contribution in [0.4, 0.5) is 0 Å². The lowest BCUT2D eigenvalue weighted by molar-refractivity contribution is 0.238. The normalized spacial score (nSPS) is 12.6. The molecule has 5 nitrogen and oxygen atoms in total. The van der Waals surface area contributed by atoms with Crippen LogP contribution in [0.15, 0.2) is 40.8 Å². The number of thiazole rings is 1. The van der Waals surface area contributed by atoms with Gasteiger partial charge in [0.2, 0.25) is 0 Å². The summed E-state index contributed by atoms with van der Waals surface area (Å²) in [6.45, 7) is 6.93. The molecule has 26 heavy (non-hydrogen) atoms. The fourth-order valence-corrected chi connectivity index (χ4v) is 3.24. The van der Waals surface area contributed by atoms with E-state index < -0.39 is 0 Å². The minimum Gasteiger partial charge on any atom is -0.356 e. The number of aromatic nitrogens is 1. The predicted octanol–water partition coefficient (Wildman–Crippen LogP) is 3.65. The molecule has 0 fully saturated rings. The molecule has 0 bridgehead atoms. The largest absolute Gasteiger partial charge is 0.356 e. The average Bonchev–Trinajstić information content (AvgIpc) is 3.03. The van der Waals surface area contributed by atoms with Crippen LogP contribution < -0.4 is 10.6 Å². The lowest BCUT2D eigenvalue weighted by Gasteiger charge is -2.25. The van der Waals surface area contributed by atoms with Crippen molar-refractivity contribution in [2.24, 2.45) is 4.99 Å². The summed E-state index contributed by atoms with van der Waals surface area (Å²) >= 11 is 1.67. The van der Waals surface area contributed by atoms with E-state index in [2.05, 4.69) is 69.8 Å². The molecular formula is C19H30IN5S.